The van der Waals surface area contributed by atoms with Gasteiger partial charge in [0.25, 0.3) is 0 Å². The average molecular weight is 252 g/mol. The molecule has 1 aromatic carbocycles. The molecule has 3 nitrogen and oxygen atoms in total. The van der Waals surface area contributed by atoms with Gasteiger partial charge in [0, 0.05) is 37.6 Å². The summed E-state index contributed by atoms with van der Waals surface area (Å²) in [5.74, 6) is 0.672. The first-order valence-corrected chi connectivity index (χ1v) is 6.29. The maximum absolute atomic E-state index is 8.13. The monoisotopic (exact) mass is 251 g/mol. The van der Waals surface area contributed by atoms with Crippen molar-refractivity contribution >= 4 is 17.4 Å². The van der Waals surface area contributed by atoms with Gasteiger partial charge in [-0.3, -0.25) is 5.41 Å². The first kappa shape index (κ1) is 12.4. The topological polar surface area (TPSA) is 30.3 Å². The summed E-state index contributed by atoms with van der Waals surface area (Å²) < 4.78 is 0. The zero-order valence-electron chi connectivity index (χ0n) is 10.1. The van der Waals surface area contributed by atoms with Gasteiger partial charge >= 0.3 is 0 Å². The first-order valence-electron chi connectivity index (χ1n) is 5.91. The lowest BCUT2D eigenvalue weighted by Gasteiger charge is -2.34. The molecule has 1 fully saturated rings. The van der Waals surface area contributed by atoms with Gasteiger partial charge in [0.15, 0.2) is 0 Å². The largest absolute Gasteiger partial charge is 0.358 e. The van der Waals surface area contributed by atoms with Crippen molar-refractivity contribution in [1.29, 1.82) is 5.41 Å². The van der Waals surface area contributed by atoms with Gasteiger partial charge in [0.05, 0.1) is 0 Å². The van der Waals surface area contributed by atoms with Crippen LogP contribution in [0.2, 0.25) is 5.02 Å². The van der Waals surface area contributed by atoms with Crippen molar-refractivity contribution in [2.45, 2.75) is 6.42 Å². The molecule has 1 N–H and O–H groups in total. The van der Waals surface area contributed by atoms with E-state index in [0.717, 1.165) is 36.8 Å². The van der Waals surface area contributed by atoms with Gasteiger partial charge in [-0.2, -0.15) is 0 Å². The highest BCUT2D eigenvalue weighted by molar-refractivity contribution is 6.31. The third-order valence-corrected chi connectivity index (χ3v) is 3.57. The third-order valence-electron chi connectivity index (χ3n) is 3.20. The lowest BCUT2D eigenvalue weighted by molar-refractivity contribution is 0.213. The van der Waals surface area contributed by atoms with E-state index in [1.165, 1.54) is 0 Å². The second-order valence-electron chi connectivity index (χ2n) is 4.51. The fourth-order valence-corrected chi connectivity index (χ4v) is 2.21. The molecular formula is C13H18ClN3. The summed E-state index contributed by atoms with van der Waals surface area (Å²) >= 11 is 6.11. The molecule has 0 aromatic heterocycles. The van der Waals surface area contributed by atoms with Crippen LogP contribution in [-0.4, -0.2) is 48.9 Å². The van der Waals surface area contributed by atoms with Crippen LogP contribution in [0.1, 0.15) is 5.56 Å². The molecule has 0 spiro atoms. The van der Waals surface area contributed by atoms with E-state index in [9.17, 15) is 0 Å². The fourth-order valence-electron chi connectivity index (χ4n) is 2.01. The van der Waals surface area contributed by atoms with Crippen LogP contribution in [0.3, 0.4) is 0 Å². The lowest BCUT2D eigenvalue weighted by Crippen LogP contribution is -2.47. The minimum Gasteiger partial charge on any atom is -0.358 e. The standard InChI is InChI=1S/C13H18ClN3/c1-16-6-8-17(9-7-16)13(15)10-11-4-2-3-5-12(11)14/h2-5,15H,6-10H2,1H3. The van der Waals surface area contributed by atoms with Gasteiger partial charge in [-0.15, -0.1) is 0 Å². The molecule has 1 aromatic rings. The highest BCUT2D eigenvalue weighted by atomic mass is 35.5. The first-order chi connectivity index (χ1) is 8.16. The highest BCUT2D eigenvalue weighted by Crippen LogP contribution is 2.16. The molecule has 1 saturated heterocycles. The van der Waals surface area contributed by atoms with Crippen molar-refractivity contribution in [2.75, 3.05) is 33.2 Å². The number of piperazine rings is 1. The van der Waals surface area contributed by atoms with E-state index >= 15 is 0 Å². The van der Waals surface area contributed by atoms with E-state index in [-0.39, 0.29) is 0 Å². The van der Waals surface area contributed by atoms with E-state index in [4.69, 9.17) is 17.0 Å². The average Bonchev–Trinajstić information content (AvgIpc) is 2.33. The van der Waals surface area contributed by atoms with E-state index < -0.39 is 0 Å². The maximum Gasteiger partial charge on any atom is 0.100 e. The maximum atomic E-state index is 8.13. The van der Waals surface area contributed by atoms with Crippen molar-refractivity contribution in [1.82, 2.24) is 9.80 Å². The van der Waals surface area contributed by atoms with Gasteiger partial charge in [-0.05, 0) is 18.7 Å². The molecular weight excluding hydrogens is 234 g/mol. The Morgan fingerprint density at radius 3 is 2.53 bits per heavy atom. The lowest BCUT2D eigenvalue weighted by atomic mass is 10.1. The molecule has 0 amide bonds. The molecule has 92 valence electrons. The van der Waals surface area contributed by atoms with E-state index in [1.54, 1.807) is 0 Å². The van der Waals surface area contributed by atoms with Gasteiger partial charge in [-0.25, -0.2) is 0 Å². The van der Waals surface area contributed by atoms with E-state index in [2.05, 4.69) is 16.8 Å². The highest BCUT2D eigenvalue weighted by Gasteiger charge is 2.16. The second kappa shape index (κ2) is 5.52. The van der Waals surface area contributed by atoms with Crippen LogP contribution in [-0.2, 0) is 6.42 Å². The van der Waals surface area contributed by atoms with Gasteiger partial charge < -0.3 is 9.80 Å². The number of hydrogen-bond donors (Lipinski definition) is 1. The molecule has 0 unspecified atom stereocenters. The quantitative estimate of drug-likeness (QED) is 0.645. The fraction of sp³-hybridized carbons (Fsp3) is 0.462. The van der Waals surface area contributed by atoms with Gasteiger partial charge in [0.1, 0.15) is 5.84 Å². The number of hydrogen-bond acceptors (Lipinski definition) is 2. The molecule has 0 saturated carbocycles. The predicted octanol–water partition coefficient (Wildman–Crippen LogP) is 2.11. The number of benzene rings is 1. The molecule has 17 heavy (non-hydrogen) atoms. The minimum absolute atomic E-state index is 0.628. The van der Waals surface area contributed by atoms with Crippen molar-refractivity contribution in [3.8, 4) is 0 Å². The Kier molecular flexibility index (Phi) is 4.02. The van der Waals surface area contributed by atoms with E-state index in [0.29, 0.717) is 12.3 Å². The molecule has 0 atom stereocenters. The number of rotatable bonds is 2. The van der Waals surface area contributed by atoms with Crippen LogP contribution in [0.15, 0.2) is 24.3 Å². The zero-order valence-corrected chi connectivity index (χ0v) is 10.9. The van der Waals surface area contributed by atoms with Crippen LogP contribution < -0.4 is 0 Å². The van der Waals surface area contributed by atoms with Crippen LogP contribution in [0.25, 0.3) is 0 Å². The normalized spacial score (nSPS) is 17.2. The Bertz CT molecular complexity index is 397. The molecule has 0 aliphatic carbocycles. The molecule has 1 aliphatic heterocycles. The number of nitrogens with zero attached hydrogens (tertiary/aromatic N) is 2. The molecule has 1 heterocycles. The van der Waals surface area contributed by atoms with Crippen molar-refractivity contribution in [3.05, 3.63) is 34.9 Å². The van der Waals surface area contributed by atoms with Crippen molar-refractivity contribution in [3.63, 3.8) is 0 Å². The van der Waals surface area contributed by atoms with Crippen molar-refractivity contribution in [2.24, 2.45) is 0 Å². The number of nitrogens with one attached hydrogen (secondary N) is 1. The summed E-state index contributed by atoms with van der Waals surface area (Å²) in [6, 6.07) is 7.77. The summed E-state index contributed by atoms with van der Waals surface area (Å²) in [5, 5.41) is 8.89. The van der Waals surface area contributed by atoms with Crippen molar-refractivity contribution < 1.29 is 0 Å². The molecule has 0 radical (unpaired) electrons. The molecule has 2 rings (SSSR count). The number of amidine groups is 1. The molecule has 0 bridgehead atoms. The van der Waals surface area contributed by atoms with E-state index in [1.807, 2.05) is 24.3 Å². The van der Waals surface area contributed by atoms with Crippen LogP contribution in [0.4, 0.5) is 0 Å². The summed E-state index contributed by atoms with van der Waals surface area (Å²) in [6.45, 7) is 3.95. The van der Waals surface area contributed by atoms with Crippen LogP contribution in [0, 0.1) is 5.41 Å². The Labute approximate surface area is 107 Å². The van der Waals surface area contributed by atoms with Crippen LogP contribution in [0.5, 0.6) is 0 Å². The van der Waals surface area contributed by atoms with Gasteiger partial charge in [-0.1, -0.05) is 29.8 Å². The second-order valence-corrected chi connectivity index (χ2v) is 4.91. The van der Waals surface area contributed by atoms with Gasteiger partial charge in [0.2, 0.25) is 0 Å². The Morgan fingerprint density at radius 1 is 1.24 bits per heavy atom. The Balaban J connectivity index is 1.95. The SMILES string of the molecule is CN1CCN(C(=N)Cc2ccccc2Cl)CC1. The smallest absolute Gasteiger partial charge is 0.100 e. The third kappa shape index (κ3) is 3.20. The Morgan fingerprint density at radius 2 is 1.88 bits per heavy atom. The summed E-state index contributed by atoms with van der Waals surface area (Å²) in [5.41, 5.74) is 1.04. The number of halogens is 1. The van der Waals surface area contributed by atoms with Crippen LogP contribution >= 0.6 is 11.6 Å². The predicted molar refractivity (Wildman–Crippen MR) is 72.0 cm³/mol. The summed E-state index contributed by atoms with van der Waals surface area (Å²) in [7, 11) is 2.12. The summed E-state index contributed by atoms with van der Waals surface area (Å²) in [4.78, 5) is 4.43. The Hall–Kier alpha value is -1.06. The molecule has 1 aliphatic rings. The zero-order chi connectivity index (χ0) is 12.3. The summed E-state index contributed by atoms with van der Waals surface area (Å²) in [6.07, 6.45) is 0.628. The minimum atomic E-state index is 0.628. The number of likely N-dealkylation sites (N-methyl/N-ethyl adjacent to an activating group) is 1. The molecule has 4 heteroatoms.